The third-order valence-corrected chi connectivity index (χ3v) is 4.32. The van der Waals surface area contributed by atoms with Crippen molar-refractivity contribution in [1.82, 2.24) is 14.8 Å². The zero-order chi connectivity index (χ0) is 20.3. The van der Waals surface area contributed by atoms with Crippen molar-refractivity contribution in [2.75, 3.05) is 0 Å². The van der Waals surface area contributed by atoms with Crippen LogP contribution in [0.2, 0.25) is 10.0 Å². The topological polar surface area (TPSA) is 54.5 Å². The van der Waals surface area contributed by atoms with Gasteiger partial charge in [0.25, 0.3) is 0 Å². The van der Waals surface area contributed by atoms with Crippen LogP contribution in [0.25, 0.3) is 11.8 Å². The highest BCUT2D eigenvalue weighted by Gasteiger charge is 2.39. The van der Waals surface area contributed by atoms with E-state index in [1.807, 2.05) is 6.07 Å². The van der Waals surface area contributed by atoms with Crippen molar-refractivity contribution >= 4 is 29.3 Å². The molecule has 1 aromatic heterocycles. The largest absolute Gasteiger partial charge is 0.399 e. The smallest absolute Gasteiger partial charge is 0.223 e. The number of rotatable bonds is 4. The van der Waals surface area contributed by atoms with Crippen LogP contribution in [0.15, 0.2) is 55.1 Å². The van der Waals surface area contributed by atoms with Crippen molar-refractivity contribution in [1.29, 1.82) is 5.26 Å². The van der Waals surface area contributed by atoms with Gasteiger partial charge in [0.05, 0.1) is 17.2 Å². The summed E-state index contributed by atoms with van der Waals surface area (Å²) >= 11 is 11.7. The summed E-state index contributed by atoms with van der Waals surface area (Å²) in [5.41, 5.74) is 1.09. The first kappa shape index (κ1) is 19.9. The fourth-order valence-corrected chi connectivity index (χ4v) is 3.19. The normalized spacial score (nSPS) is 12.9. The molecule has 1 unspecified atom stereocenters. The van der Waals surface area contributed by atoms with Gasteiger partial charge in [0.15, 0.2) is 0 Å². The SMILES string of the molecule is N#Cc1cc(/C=C/C(c2cc(Cl)cc(Cl)c2)C(F)(F)F)ccc1-n1cncn1. The van der Waals surface area contributed by atoms with Crippen molar-refractivity contribution in [3.05, 3.63) is 81.9 Å². The number of alkyl halides is 3. The van der Waals surface area contributed by atoms with Crippen LogP contribution in [-0.4, -0.2) is 20.9 Å². The fourth-order valence-electron chi connectivity index (χ4n) is 2.65. The van der Waals surface area contributed by atoms with Crippen LogP contribution >= 0.6 is 23.2 Å². The number of hydrogen-bond donors (Lipinski definition) is 0. The van der Waals surface area contributed by atoms with E-state index in [4.69, 9.17) is 23.2 Å². The Morgan fingerprint density at radius 2 is 1.82 bits per heavy atom. The third-order valence-electron chi connectivity index (χ3n) is 3.88. The minimum absolute atomic E-state index is 0.0685. The number of halogens is 5. The summed E-state index contributed by atoms with van der Waals surface area (Å²) in [5.74, 6) is -1.90. The predicted octanol–water partition coefficient (Wildman–Crippen LogP) is 5.81. The van der Waals surface area contributed by atoms with Gasteiger partial charge in [-0.05, 0) is 41.5 Å². The van der Waals surface area contributed by atoms with Crippen LogP contribution in [0.1, 0.15) is 22.6 Å². The monoisotopic (exact) mass is 422 g/mol. The Labute approximate surface area is 168 Å². The number of nitrogens with zero attached hydrogens (tertiary/aromatic N) is 4. The zero-order valence-electron chi connectivity index (χ0n) is 14.0. The Hall–Kier alpha value is -2.82. The summed E-state index contributed by atoms with van der Waals surface area (Å²) in [6.07, 6.45) is 0.517. The van der Waals surface area contributed by atoms with E-state index in [1.165, 1.54) is 47.7 Å². The first-order chi connectivity index (χ1) is 13.3. The van der Waals surface area contributed by atoms with Gasteiger partial charge in [0.2, 0.25) is 0 Å². The molecule has 3 rings (SSSR count). The molecule has 28 heavy (non-hydrogen) atoms. The van der Waals surface area contributed by atoms with E-state index < -0.39 is 12.1 Å². The van der Waals surface area contributed by atoms with Gasteiger partial charge in [-0.2, -0.15) is 23.5 Å². The number of aromatic nitrogens is 3. The average Bonchev–Trinajstić information content (AvgIpc) is 3.14. The predicted molar refractivity (Wildman–Crippen MR) is 100 cm³/mol. The Morgan fingerprint density at radius 1 is 1.11 bits per heavy atom. The first-order valence-electron chi connectivity index (χ1n) is 7.88. The van der Waals surface area contributed by atoms with Gasteiger partial charge in [-0.3, -0.25) is 0 Å². The van der Waals surface area contributed by atoms with Gasteiger partial charge in [-0.1, -0.05) is 41.4 Å². The maximum atomic E-state index is 13.6. The molecule has 1 atom stereocenters. The van der Waals surface area contributed by atoms with E-state index in [0.717, 1.165) is 6.08 Å². The van der Waals surface area contributed by atoms with Crippen LogP contribution < -0.4 is 0 Å². The zero-order valence-corrected chi connectivity index (χ0v) is 15.5. The minimum Gasteiger partial charge on any atom is -0.223 e. The molecule has 0 saturated heterocycles. The van der Waals surface area contributed by atoms with Crippen LogP contribution in [0, 0.1) is 11.3 Å². The molecule has 0 N–H and O–H groups in total. The Balaban J connectivity index is 1.96. The van der Waals surface area contributed by atoms with Crippen molar-refractivity contribution in [2.45, 2.75) is 12.1 Å². The summed E-state index contributed by atoms with van der Waals surface area (Å²) < 4.78 is 42.1. The van der Waals surface area contributed by atoms with E-state index in [1.54, 1.807) is 12.1 Å². The molecule has 142 valence electrons. The fraction of sp³-hybridized carbons (Fsp3) is 0.105. The maximum Gasteiger partial charge on any atom is 0.399 e. The highest BCUT2D eigenvalue weighted by Crippen LogP contribution is 2.38. The van der Waals surface area contributed by atoms with Crippen molar-refractivity contribution in [2.24, 2.45) is 0 Å². The van der Waals surface area contributed by atoms with Gasteiger partial charge < -0.3 is 0 Å². The van der Waals surface area contributed by atoms with Crippen molar-refractivity contribution < 1.29 is 13.2 Å². The molecule has 1 heterocycles. The highest BCUT2D eigenvalue weighted by atomic mass is 35.5. The third kappa shape index (κ3) is 4.53. The summed E-state index contributed by atoms with van der Waals surface area (Å²) in [4.78, 5) is 3.81. The number of allylic oxidation sites excluding steroid dienone is 1. The molecule has 0 amide bonds. The van der Waals surface area contributed by atoms with Gasteiger partial charge in [-0.25, -0.2) is 9.67 Å². The number of hydrogen-bond acceptors (Lipinski definition) is 3. The van der Waals surface area contributed by atoms with Gasteiger partial charge >= 0.3 is 6.18 Å². The molecule has 4 nitrogen and oxygen atoms in total. The van der Waals surface area contributed by atoms with Crippen molar-refractivity contribution in [3.8, 4) is 11.8 Å². The van der Waals surface area contributed by atoms with Gasteiger partial charge in [-0.15, -0.1) is 0 Å². The lowest BCUT2D eigenvalue weighted by molar-refractivity contribution is -0.139. The van der Waals surface area contributed by atoms with E-state index in [9.17, 15) is 18.4 Å². The Kier molecular flexibility index (Phi) is 5.73. The lowest BCUT2D eigenvalue weighted by Gasteiger charge is -2.18. The second-order valence-electron chi connectivity index (χ2n) is 5.81. The molecular formula is C19H11Cl2F3N4. The second kappa shape index (κ2) is 8.05. The van der Waals surface area contributed by atoms with E-state index in [0.29, 0.717) is 11.3 Å². The molecule has 0 aliphatic rings. The molecule has 0 fully saturated rings. The molecule has 0 radical (unpaired) electrons. The van der Waals surface area contributed by atoms with Crippen LogP contribution in [0.4, 0.5) is 13.2 Å². The summed E-state index contributed by atoms with van der Waals surface area (Å²) in [7, 11) is 0. The van der Waals surface area contributed by atoms with Crippen molar-refractivity contribution in [3.63, 3.8) is 0 Å². The van der Waals surface area contributed by atoms with Crippen LogP contribution in [0.5, 0.6) is 0 Å². The maximum absolute atomic E-state index is 13.6. The van der Waals surface area contributed by atoms with E-state index >= 15 is 0 Å². The lowest BCUT2D eigenvalue weighted by Crippen LogP contribution is -2.18. The van der Waals surface area contributed by atoms with E-state index in [-0.39, 0.29) is 21.2 Å². The summed E-state index contributed by atoms with van der Waals surface area (Å²) in [6.45, 7) is 0. The molecule has 0 aliphatic carbocycles. The average molecular weight is 423 g/mol. The van der Waals surface area contributed by atoms with Gasteiger partial charge in [0.1, 0.15) is 18.7 Å². The Bertz CT molecular complexity index is 1030. The van der Waals surface area contributed by atoms with Crippen LogP contribution in [-0.2, 0) is 0 Å². The molecule has 2 aromatic carbocycles. The van der Waals surface area contributed by atoms with Gasteiger partial charge in [0, 0.05) is 10.0 Å². The Morgan fingerprint density at radius 3 is 2.39 bits per heavy atom. The number of nitriles is 1. The molecule has 0 spiro atoms. The molecule has 0 saturated carbocycles. The molecule has 0 bridgehead atoms. The van der Waals surface area contributed by atoms with Crippen LogP contribution in [0.3, 0.4) is 0 Å². The first-order valence-corrected chi connectivity index (χ1v) is 8.63. The lowest BCUT2D eigenvalue weighted by atomic mass is 9.96. The number of benzene rings is 2. The summed E-state index contributed by atoms with van der Waals surface area (Å²) in [5, 5.41) is 13.5. The molecular weight excluding hydrogens is 412 g/mol. The second-order valence-corrected chi connectivity index (χ2v) is 6.68. The minimum atomic E-state index is -4.54. The highest BCUT2D eigenvalue weighted by molar-refractivity contribution is 6.34. The standard InChI is InChI=1S/C19H11Cl2F3N4/c20-15-6-13(7-16(21)8-15)17(19(22,23)24)3-1-12-2-4-18(14(5-12)9-25)28-11-26-10-27-28/h1-8,10-11,17H/b3-1+. The molecule has 3 aromatic rings. The molecule has 9 heteroatoms. The van der Waals surface area contributed by atoms with E-state index in [2.05, 4.69) is 10.1 Å². The molecule has 0 aliphatic heterocycles. The quantitative estimate of drug-likeness (QED) is 0.533. The summed E-state index contributed by atoms with van der Waals surface area (Å²) in [6, 6.07) is 10.5.